The van der Waals surface area contributed by atoms with Crippen LogP contribution in [0.4, 0.5) is 0 Å². The van der Waals surface area contributed by atoms with E-state index in [2.05, 4.69) is 38.1 Å². The highest BCUT2D eigenvalue weighted by molar-refractivity contribution is 5.19. The summed E-state index contributed by atoms with van der Waals surface area (Å²) >= 11 is 0. The summed E-state index contributed by atoms with van der Waals surface area (Å²) < 4.78 is 0. The van der Waals surface area contributed by atoms with Crippen molar-refractivity contribution in [2.75, 3.05) is 0 Å². The Bertz CT molecular complexity index is 139. The normalized spacial score (nSPS) is 8.22. The van der Waals surface area contributed by atoms with E-state index in [0.717, 1.165) is 0 Å². The number of rotatable bonds is 0. The number of hydrogen-bond donors (Lipinski definition) is 0. The summed E-state index contributed by atoms with van der Waals surface area (Å²) in [7, 11) is 0. The molecule has 0 spiro atoms. The molecule has 0 aliphatic rings. The van der Waals surface area contributed by atoms with Gasteiger partial charge in [0.1, 0.15) is 0 Å². The lowest BCUT2D eigenvalue weighted by atomic mass is 10.2. The Morgan fingerprint density at radius 2 is 1.00 bits per heavy atom. The molecule has 0 aliphatic heterocycles. The molecule has 0 nitrogen and oxygen atoms in total. The molecule has 0 bridgehead atoms. The van der Waals surface area contributed by atoms with Crippen LogP contribution < -0.4 is 0 Å². The third-order valence-corrected chi connectivity index (χ3v) is 1.22. The van der Waals surface area contributed by atoms with Crippen molar-refractivity contribution >= 4 is 0 Å². The molecule has 0 saturated heterocycles. The van der Waals surface area contributed by atoms with E-state index in [4.69, 9.17) is 0 Å². The van der Waals surface area contributed by atoms with Gasteiger partial charge in [-0.3, -0.25) is 0 Å². The minimum Gasteiger partial charge on any atom is -0.0591 e. The second-order valence-corrected chi connectivity index (χ2v) is 2.15. The molecule has 1 aromatic carbocycles. The van der Waals surface area contributed by atoms with Gasteiger partial charge in [0.2, 0.25) is 0 Å². The van der Waals surface area contributed by atoms with Crippen LogP contribution in [0.1, 0.15) is 11.1 Å². The zero-order valence-corrected chi connectivity index (χ0v) is 5.81. The van der Waals surface area contributed by atoms with Gasteiger partial charge in [0.05, 0.1) is 0 Å². The fourth-order valence-electron chi connectivity index (χ4n) is 0.637. The quantitative estimate of drug-likeness (QED) is 0.490. The molecule has 0 heteroatoms. The molecule has 0 aromatic heterocycles. The van der Waals surface area contributed by atoms with Crippen LogP contribution in [0.3, 0.4) is 0 Å². The van der Waals surface area contributed by atoms with Crippen molar-refractivity contribution in [3.63, 3.8) is 0 Å². The second kappa shape index (κ2) is 3.29. The van der Waals surface area contributed by atoms with Crippen molar-refractivity contribution < 1.29 is 0 Å². The molecular weight excluding hydrogens is 108 g/mol. The van der Waals surface area contributed by atoms with Crippen molar-refractivity contribution in [1.82, 2.24) is 0 Å². The first-order valence-corrected chi connectivity index (χ1v) is 2.82. The van der Waals surface area contributed by atoms with Crippen LogP contribution in [0, 0.1) is 21.3 Å². The fraction of sp³-hybridized carbons (Fsp3) is 0.222. The molecule has 0 fully saturated rings. The third-order valence-electron chi connectivity index (χ3n) is 1.22. The lowest BCUT2D eigenvalue weighted by molar-refractivity contribution is 1.40. The summed E-state index contributed by atoms with van der Waals surface area (Å²) in [5, 5.41) is 0. The molecule has 0 amide bonds. The first kappa shape index (κ1) is 8.22. The van der Waals surface area contributed by atoms with Gasteiger partial charge in [-0.2, -0.15) is 0 Å². The zero-order chi connectivity index (χ0) is 5.98. The number of benzene rings is 1. The molecule has 0 unspecified atom stereocenters. The summed E-state index contributed by atoms with van der Waals surface area (Å²) in [5.41, 5.74) is 2.66. The van der Waals surface area contributed by atoms with Crippen molar-refractivity contribution in [2.24, 2.45) is 0 Å². The maximum atomic E-state index is 2.12. The van der Waals surface area contributed by atoms with Crippen LogP contribution in [0.15, 0.2) is 24.3 Å². The molecule has 0 saturated carbocycles. The smallest absolute Gasteiger partial charge is 0 e. The topological polar surface area (TPSA) is 0 Å². The first-order chi connectivity index (χ1) is 3.79. The average molecular weight is 118 g/mol. The molecule has 0 heterocycles. The highest BCUT2D eigenvalue weighted by Gasteiger charge is 1.79. The van der Waals surface area contributed by atoms with Crippen molar-refractivity contribution in [3.8, 4) is 0 Å². The van der Waals surface area contributed by atoms with Crippen LogP contribution in [-0.2, 0) is 0 Å². The minimum absolute atomic E-state index is 0. The van der Waals surface area contributed by atoms with Gasteiger partial charge in [0.15, 0.2) is 0 Å². The number of aryl methyl sites for hydroxylation is 2. The van der Waals surface area contributed by atoms with Crippen molar-refractivity contribution in [1.29, 1.82) is 0 Å². The Kier molecular flexibility index (Phi) is 3.00. The summed E-state index contributed by atoms with van der Waals surface area (Å²) in [5.74, 6) is 0. The Balaban J connectivity index is 0.000000640. The van der Waals surface area contributed by atoms with Crippen LogP contribution in [-0.4, -0.2) is 0 Å². The van der Waals surface area contributed by atoms with E-state index in [1.807, 2.05) is 0 Å². The van der Waals surface area contributed by atoms with Crippen molar-refractivity contribution in [2.45, 2.75) is 13.8 Å². The van der Waals surface area contributed by atoms with Gasteiger partial charge in [-0.15, -0.1) is 0 Å². The predicted octanol–water partition coefficient (Wildman–Crippen LogP) is 2.38. The number of hydrogen-bond acceptors (Lipinski definition) is 0. The van der Waals surface area contributed by atoms with Crippen LogP contribution in [0.2, 0.25) is 0 Å². The van der Waals surface area contributed by atoms with Gasteiger partial charge < -0.3 is 0 Å². The van der Waals surface area contributed by atoms with Crippen LogP contribution in [0.5, 0.6) is 0 Å². The Morgan fingerprint density at radius 3 is 1.22 bits per heavy atom. The largest absolute Gasteiger partial charge is 0.0591 e. The van der Waals surface area contributed by atoms with Crippen molar-refractivity contribution in [3.05, 3.63) is 42.8 Å². The lowest BCUT2D eigenvalue weighted by Gasteiger charge is -1.90. The molecule has 1 rings (SSSR count). The van der Waals surface area contributed by atoms with E-state index in [1.54, 1.807) is 0 Å². The SMILES string of the molecule is Cc1ccc(C)cc1.[C]. The monoisotopic (exact) mass is 118 g/mol. The fourth-order valence-corrected chi connectivity index (χ4v) is 0.637. The van der Waals surface area contributed by atoms with E-state index >= 15 is 0 Å². The molecule has 0 aliphatic carbocycles. The molecule has 46 valence electrons. The molecule has 0 atom stereocenters. The highest BCUT2D eigenvalue weighted by Crippen LogP contribution is 1.99. The molecular formula is C9H10. The first-order valence-electron chi connectivity index (χ1n) is 2.82. The summed E-state index contributed by atoms with van der Waals surface area (Å²) in [6, 6.07) is 8.48. The lowest BCUT2D eigenvalue weighted by Crippen LogP contribution is -1.70. The van der Waals surface area contributed by atoms with Gasteiger partial charge in [0, 0.05) is 7.43 Å². The van der Waals surface area contributed by atoms with E-state index in [-0.39, 0.29) is 7.43 Å². The van der Waals surface area contributed by atoms with E-state index in [9.17, 15) is 0 Å². The minimum atomic E-state index is 0. The van der Waals surface area contributed by atoms with Gasteiger partial charge in [-0.25, -0.2) is 0 Å². The molecule has 1 aromatic rings. The van der Waals surface area contributed by atoms with Gasteiger partial charge in [-0.1, -0.05) is 35.4 Å². The van der Waals surface area contributed by atoms with Gasteiger partial charge in [0.25, 0.3) is 0 Å². The zero-order valence-electron chi connectivity index (χ0n) is 5.81. The Labute approximate surface area is 57.5 Å². The molecule has 9 heavy (non-hydrogen) atoms. The predicted molar refractivity (Wildman–Crippen MR) is 39.2 cm³/mol. The molecule has 0 N–H and O–H groups in total. The maximum absolute atomic E-state index is 2.12. The van der Waals surface area contributed by atoms with E-state index < -0.39 is 0 Å². The van der Waals surface area contributed by atoms with Gasteiger partial charge in [-0.05, 0) is 13.8 Å². The van der Waals surface area contributed by atoms with Gasteiger partial charge >= 0.3 is 0 Å². The van der Waals surface area contributed by atoms with Crippen LogP contribution >= 0.6 is 0 Å². The average Bonchev–Trinajstić information content (AvgIpc) is 1.77. The van der Waals surface area contributed by atoms with Crippen LogP contribution in [0.25, 0.3) is 0 Å². The van der Waals surface area contributed by atoms with E-state index in [0.29, 0.717) is 0 Å². The summed E-state index contributed by atoms with van der Waals surface area (Å²) in [6.07, 6.45) is 0. The maximum Gasteiger partial charge on any atom is 0 e. The second-order valence-electron chi connectivity index (χ2n) is 2.15. The summed E-state index contributed by atoms with van der Waals surface area (Å²) in [6.45, 7) is 4.19. The third kappa shape index (κ3) is 2.31. The Morgan fingerprint density at radius 1 is 0.778 bits per heavy atom. The Hall–Kier alpha value is -0.780. The molecule has 4 radical (unpaired) electrons. The van der Waals surface area contributed by atoms with E-state index in [1.165, 1.54) is 11.1 Å². The standard InChI is InChI=1S/C8H10.C/c1-7-3-5-8(2)6-4-7;/h3-6H,1-2H3;. The summed E-state index contributed by atoms with van der Waals surface area (Å²) in [4.78, 5) is 0. The highest BCUT2D eigenvalue weighted by atomic mass is 13.9.